The van der Waals surface area contributed by atoms with Crippen molar-refractivity contribution < 1.29 is 38.5 Å². The van der Waals surface area contributed by atoms with E-state index in [0.29, 0.717) is 62.1 Å². The molecule has 2 spiro atoms. The Labute approximate surface area is 243 Å². The van der Waals surface area contributed by atoms with Gasteiger partial charge in [-0.3, -0.25) is 9.59 Å². The normalized spacial score (nSPS) is 33.7. The van der Waals surface area contributed by atoms with Crippen LogP contribution in [0.5, 0.6) is 0 Å². The molecule has 5 aliphatic heterocycles. The van der Waals surface area contributed by atoms with Crippen molar-refractivity contribution in [2.24, 2.45) is 5.92 Å². The second-order valence-corrected chi connectivity index (χ2v) is 11.8. The summed E-state index contributed by atoms with van der Waals surface area (Å²) in [6.07, 6.45) is 2.32. The molecule has 5 aliphatic rings. The molecule has 2 aromatic carbocycles. The van der Waals surface area contributed by atoms with Crippen molar-refractivity contribution in [3.05, 3.63) is 59.7 Å². The maximum Gasteiger partial charge on any atom is 0.351 e. The summed E-state index contributed by atoms with van der Waals surface area (Å²) in [6.45, 7) is 4.53. The predicted octanol–water partition coefficient (Wildman–Crippen LogP) is 3.05. The van der Waals surface area contributed by atoms with E-state index in [1.807, 2.05) is 30.9 Å². The van der Waals surface area contributed by atoms with Crippen LogP contribution in [0.15, 0.2) is 48.5 Å². The van der Waals surface area contributed by atoms with Gasteiger partial charge in [0.15, 0.2) is 5.72 Å². The molecule has 0 radical (unpaired) electrons. The first-order valence-electron chi connectivity index (χ1n) is 14.9. The van der Waals surface area contributed by atoms with Crippen LogP contribution in [0.4, 0.5) is 11.4 Å². The third-order valence-electron chi connectivity index (χ3n) is 9.93. The van der Waals surface area contributed by atoms with Crippen LogP contribution in [0, 0.1) is 5.92 Å². The maximum absolute atomic E-state index is 14.8. The van der Waals surface area contributed by atoms with E-state index in [4.69, 9.17) is 14.2 Å². The summed E-state index contributed by atoms with van der Waals surface area (Å²) in [5.41, 5.74) is -6.93. The predicted molar refractivity (Wildman–Crippen MR) is 150 cm³/mol. The van der Waals surface area contributed by atoms with Crippen LogP contribution in [0.25, 0.3) is 0 Å². The number of Topliss-reactive ketones (excluding diaryl/α,β-unsaturated/α-hetero) is 2. The number of benzene rings is 2. The highest BCUT2D eigenvalue weighted by Gasteiger charge is 2.90. The van der Waals surface area contributed by atoms with E-state index in [1.54, 1.807) is 41.3 Å². The van der Waals surface area contributed by atoms with Crippen LogP contribution >= 0.6 is 0 Å². The van der Waals surface area contributed by atoms with E-state index in [1.165, 1.54) is 0 Å². The zero-order chi connectivity index (χ0) is 29.5. The Hall–Kier alpha value is -3.76. The second-order valence-electron chi connectivity index (χ2n) is 11.8. The number of nitrogens with zero attached hydrogens (tertiary/aromatic N) is 2. The number of hydrogen-bond acceptors (Lipinski definition) is 10. The molecule has 5 atom stereocenters. The lowest BCUT2D eigenvalue weighted by Crippen LogP contribution is -2.75. The van der Waals surface area contributed by atoms with Gasteiger partial charge in [0.25, 0.3) is 11.2 Å². The lowest BCUT2D eigenvalue weighted by Gasteiger charge is -2.52. The molecule has 10 heteroatoms. The Morgan fingerprint density at radius 1 is 0.881 bits per heavy atom. The number of rotatable bonds is 6. The summed E-state index contributed by atoms with van der Waals surface area (Å²) in [7, 11) is 0. The Kier molecular flexibility index (Phi) is 5.88. The molecule has 0 amide bonds. The molecule has 5 heterocycles. The molecule has 0 bridgehead atoms. The summed E-state index contributed by atoms with van der Waals surface area (Å²) in [5, 5.41) is 12.7. The molecule has 0 aliphatic carbocycles. The minimum absolute atomic E-state index is 0.0257. The fourth-order valence-corrected chi connectivity index (χ4v) is 8.53. The zero-order valence-electron chi connectivity index (χ0n) is 23.8. The fourth-order valence-electron chi connectivity index (χ4n) is 8.53. The molecule has 3 saturated heterocycles. The summed E-state index contributed by atoms with van der Waals surface area (Å²) < 4.78 is 18.2. The van der Waals surface area contributed by atoms with Crippen molar-refractivity contribution in [3.63, 3.8) is 0 Å². The Morgan fingerprint density at radius 2 is 1.48 bits per heavy atom. The number of hydrogen-bond donors (Lipinski definition) is 1. The van der Waals surface area contributed by atoms with E-state index in [0.717, 1.165) is 0 Å². The van der Waals surface area contributed by atoms with Gasteiger partial charge in [-0.1, -0.05) is 38.1 Å². The van der Waals surface area contributed by atoms with Crippen LogP contribution in [-0.4, -0.2) is 77.4 Å². The Balaban J connectivity index is 1.55. The summed E-state index contributed by atoms with van der Waals surface area (Å²) in [5.74, 6) is -4.28. The van der Waals surface area contributed by atoms with Crippen LogP contribution in [0.3, 0.4) is 0 Å². The maximum atomic E-state index is 14.8. The molecule has 1 N–H and O–H groups in total. The molecule has 1 unspecified atom stereocenters. The molecule has 2 aromatic rings. The van der Waals surface area contributed by atoms with Crippen molar-refractivity contribution in [1.82, 2.24) is 0 Å². The number of fused-ring (bicyclic) bond motifs is 4. The van der Waals surface area contributed by atoms with E-state index in [9.17, 15) is 24.3 Å². The third-order valence-corrected chi connectivity index (χ3v) is 9.93. The van der Waals surface area contributed by atoms with Gasteiger partial charge in [0.05, 0.1) is 24.4 Å². The number of aliphatic hydroxyl groups is 1. The van der Waals surface area contributed by atoms with E-state index >= 15 is 0 Å². The van der Waals surface area contributed by atoms with E-state index in [2.05, 4.69) is 0 Å². The molecule has 10 nitrogen and oxygen atoms in total. The van der Waals surface area contributed by atoms with Gasteiger partial charge in [0.1, 0.15) is 0 Å². The number of carbonyl (C=O) groups excluding carboxylic acids is 4. The smallest absolute Gasteiger partial charge is 0.351 e. The van der Waals surface area contributed by atoms with Gasteiger partial charge >= 0.3 is 11.9 Å². The van der Waals surface area contributed by atoms with Crippen molar-refractivity contribution >= 4 is 34.9 Å². The lowest BCUT2D eigenvalue weighted by atomic mass is 9.61. The third kappa shape index (κ3) is 2.82. The van der Waals surface area contributed by atoms with Crippen LogP contribution < -0.4 is 9.80 Å². The number of anilines is 2. The average Bonchev–Trinajstić information content (AvgIpc) is 3.70. The topological polar surface area (TPSA) is 123 Å². The van der Waals surface area contributed by atoms with Gasteiger partial charge in [-0.2, -0.15) is 0 Å². The number of para-hydroxylation sites is 2. The van der Waals surface area contributed by atoms with Gasteiger partial charge < -0.3 is 29.1 Å². The average molecular weight is 575 g/mol. The van der Waals surface area contributed by atoms with Gasteiger partial charge in [-0.05, 0) is 56.4 Å². The number of carbonyl (C=O) groups is 4. The Bertz CT molecular complexity index is 1530. The first-order chi connectivity index (χ1) is 20.3. The van der Waals surface area contributed by atoms with Gasteiger partial charge in [0.2, 0.25) is 11.6 Å². The highest BCUT2D eigenvalue weighted by Crippen LogP contribution is 2.69. The minimum atomic E-state index is -2.86. The molecular formula is C32H34N2O8. The van der Waals surface area contributed by atoms with Crippen LogP contribution in [-0.2, 0) is 23.8 Å². The zero-order valence-corrected chi connectivity index (χ0v) is 23.8. The quantitative estimate of drug-likeness (QED) is 0.407. The van der Waals surface area contributed by atoms with Crippen molar-refractivity contribution in [2.45, 2.75) is 68.4 Å². The molecule has 3 fully saturated rings. The summed E-state index contributed by atoms with van der Waals surface area (Å²) >= 11 is 0. The van der Waals surface area contributed by atoms with Crippen molar-refractivity contribution in [2.75, 3.05) is 36.1 Å². The SMILES string of the molecule is CCCOC(=O)[C@]1(O)C(=O)c2ccccc2N2CCC3[C@@]21O[C@@]1(C(=O)OCCC)C(=O)c2ccccc2N2CCC[C@@]321. The molecule has 0 aromatic heterocycles. The summed E-state index contributed by atoms with van der Waals surface area (Å²) in [6, 6.07) is 13.8. The fraction of sp³-hybridized carbons (Fsp3) is 0.500. The highest BCUT2D eigenvalue weighted by atomic mass is 16.6. The van der Waals surface area contributed by atoms with Crippen LogP contribution in [0.1, 0.15) is 66.7 Å². The first kappa shape index (κ1) is 27.1. The number of ketones is 2. The van der Waals surface area contributed by atoms with Crippen molar-refractivity contribution in [1.29, 1.82) is 0 Å². The summed E-state index contributed by atoms with van der Waals surface area (Å²) in [4.78, 5) is 61.4. The second kappa shape index (κ2) is 9.12. The number of esters is 2. The Morgan fingerprint density at radius 3 is 2.14 bits per heavy atom. The lowest BCUT2D eigenvalue weighted by molar-refractivity contribution is -0.212. The minimum Gasteiger partial charge on any atom is -0.463 e. The standard InChI is InChI=1S/C32H34N2O8/c1-3-18-40-27(37)30(39)25(35)20-10-5-8-13-23(20)34-17-14-24-29-15-9-16-33(29)22-12-7-6-11-21(22)26(36)31(29,42-32(24,30)34)28(38)41-19-4-2/h5-8,10-13,24,39H,3-4,9,14-19H2,1-2H3/t24?,29-,30+,31+,32-/m0/s1. The molecule has 220 valence electrons. The monoisotopic (exact) mass is 574 g/mol. The van der Waals surface area contributed by atoms with E-state index < -0.39 is 51.9 Å². The molecule has 0 saturated carbocycles. The van der Waals surface area contributed by atoms with Crippen LogP contribution in [0.2, 0.25) is 0 Å². The molecular weight excluding hydrogens is 540 g/mol. The highest BCUT2D eigenvalue weighted by molar-refractivity contribution is 6.24. The van der Waals surface area contributed by atoms with Gasteiger partial charge in [0, 0.05) is 35.8 Å². The van der Waals surface area contributed by atoms with Gasteiger partial charge in [-0.25, -0.2) is 9.59 Å². The molecule has 7 rings (SSSR count). The van der Waals surface area contributed by atoms with Crippen molar-refractivity contribution in [3.8, 4) is 0 Å². The van der Waals surface area contributed by atoms with Gasteiger partial charge in [-0.15, -0.1) is 0 Å². The first-order valence-corrected chi connectivity index (χ1v) is 14.9. The molecule has 42 heavy (non-hydrogen) atoms. The largest absolute Gasteiger partial charge is 0.463 e. The van der Waals surface area contributed by atoms with E-state index in [-0.39, 0.29) is 18.8 Å². The number of ether oxygens (including phenoxy) is 3.